The molecule has 0 saturated carbocycles. The summed E-state index contributed by atoms with van der Waals surface area (Å²) >= 11 is 0. The molecule has 0 spiro atoms. The molecule has 28 heavy (non-hydrogen) atoms. The number of rotatable bonds is 5. The van der Waals surface area contributed by atoms with Crippen molar-refractivity contribution in [2.75, 3.05) is 37.6 Å². The number of piperidine rings is 1. The van der Waals surface area contributed by atoms with Crippen molar-refractivity contribution in [2.24, 2.45) is 5.92 Å². The summed E-state index contributed by atoms with van der Waals surface area (Å²) in [4.78, 5) is 25.1. The first-order chi connectivity index (χ1) is 13.6. The van der Waals surface area contributed by atoms with Gasteiger partial charge in [-0.25, -0.2) is 4.98 Å². The molecule has 4 heterocycles. The number of piperazine rings is 1. The van der Waals surface area contributed by atoms with Gasteiger partial charge in [-0.15, -0.1) is 5.10 Å². The second kappa shape index (κ2) is 8.22. The Morgan fingerprint density at radius 3 is 3.04 bits per heavy atom. The molecule has 2 saturated heterocycles. The van der Waals surface area contributed by atoms with Crippen molar-refractivity contribution in [2.45, 2.75) is 39.8 Å². The van der Waals surface area contributed by atoms with E-state index in [-0.39, 0.29) is 5.91 Å². The highest BCUT2D eigenvalue weighted by atomic mass is 16.2. The molecule has 0 aromatic carbocycles. The summed E-state index contributed by atoms with van der Waals surface area (Å²) < 4.78 is 1.95. The first kappa shape index (κ1) is 18.8. The molecular weight excluding hydrogens is 356 g/mol. The van der Waals surface area contributed by atoms with Gasteiger partial charge in [0, 0.05) is 51.7 Å². The van der Waals surface area contributed by atoms with Gasteiger partial charge in [0.2, 0.25) is 5.91 Å². The number of amides is 1. The Kier molecular flexibility index (Phi) is 5.52. The molecule has 150 valence electrons. The van der Waals surface area contributed by atoms with E-state index in [4.69, 9.17) is 4.98 Å². The zero-order valence-electron chi connectivity index (χ0n) is 16.6. The Morgan fingerprint density at radius 1 is 1.29 bits per heavy atom. The number of carbonyl (C=O) groups is 1. The van der Waals surface area contributed by atoms with Crippen LogP contribution in [-0.2, 0) is 17.9 Å². The molecule has 0 radical (unpaired) electrons. The lowest BCUT2D eigenvalue weighted by atomic mass is 9.98. The Bertz CT molecular complexity index is 835. The van der Waals surface area contributed by atoms with Crippen LogP contribution >= 0.6 is 0 Å². The van der Waals surface area contributed by atoms with Gasteiger partial charge in [-0.05, 0) is 32.6 Å². The van der Waals surface area contributed by atoms with Gasteiger partial charge in [-0.2, -0.15) is 0 Å². The lowest BCUT2D eigenvalue weighted by molar-refractivity contribution is -0.124. The minimum atomic E-state index is 0.0791. The molecule has 4 rings (SSSR count). The number of nitrogens with zero attached hydrogens (tertiary/aromatic N) is 7. The smallest absolute Gasteiger partial charge is 0.234 e. The molecule has 2 aromatic rings. The van der Waals surface area contributed by atoms with E-state index in [1.165, 1.54) is 6.42 Å². The van der Waals surface area contributed by atoms with Crippen LogP contribution in [0.5, 0.6) is 0 Å². The molecule has 2 aromatic heterocycles. The van der Waals surface area contributed by atoms with Crippen molar-refractivity contribution < 1.29 is 4.79 Å². The summed E-state index contributed by atoms with van der Waals surface area (Å²) in [6, 6.07) is 0. The van der Waals surface area contributed by atoms with Crippen LogP contribution < -0.4 is 10.2 Å². The van der Waals surface area contributed by atoms with Gasteiger partial charge >= 0.3 is 0 Å². The second-order valence-electron chi connectivity index (χ2n) is 7.87. The number of carbonyl (C=O) groups excluding carboxylic acids is 1. The molecule has 2 fully saturated rings. The van der Waals surface area contributed by atoms with Crippen LogP contribution in [0.25, 0.3) is 0 Å². The minimum absolute atomic E-state index is 0.0791. The highest BCUT2D eigenvalue weighted by Crippen LogP contribution is 2.24. The van der Waals surface area contributed by atoms with Gasteiger partial charge in [0.1, 0.15) is 5.82 Å². The zero-order chi connectivity index (χ0) is 19.5. The largest absolute Gasteiger partial charge is 0.355 e. The summed E-state index contributed by atoms with van der Waals surface area (Å²) in [7, 11) is 0. The van der Waals surface area contributed by atoms with Crippen molar-refractivity contribution in [3.63, 3.8) is 0 Å². The van der Waals surface area contributed by atoms with Crippen LogP contribution in [0, 0.1) is 19.8 Å². The molecule has 1 amide bonds. The Balaban J connectivity index is 1.36. The Hall–Kier alpha value is -2.55. The third-order valence-electron chi connectivity index (χ3n) is 5.40. The summed E-state index contributed by atoms with van der Waals surface area (Å²) in [5.74, 6) is 1.59. The summed E-state index contributed by atoms with van der Waals surface area (Å²) in [6.45, 7) is 9.50. The SMILES string of the molecule is Cc1cnc(C)c(N2CCC[C@H](Cn3cc(CN4CCNC(=O)C4)nn3)C2)n1. The molecular formula is C19H28N8O. The van der Waals surface area contributed by atoms with Gasteiger partial charge < -0.3 is 10.2 Å². The lowest BCUT2D eigenvalue weighted by Crippen LogP contribution is -2.47. The lowest BCUT2D eigenvalue weighted by Gasteiger charge is -2.34. The number of anilines is 1. The molecule has 0 aliphatic carbocycles. The number of aryl methyl sites for hydroxylation is 2. The third-order valence-corrected chi connectivity index (χ3v) is 5.40. The fourth-order valence-corrected chi connectivity index (χ4v) is 4.05. The molecule has 9 nitrogen and oxygen atoms in total. The van der Waals surface area contributed by atoms with Crippen LogP contribution in [0.4, 0.5) is 5.82 Å². The van der Waals surface area contributed by atoms with Crippen LogP contribution in [0.15, 0.2) is 12.4 Å². The Morgan fingerprint density at radius 2 is 2.18 bits per heavy atom. The maximum Gasteiger partial charge on any atom is 0.234 e. The summed E-state index contributed by atoms with van der Waals surface area (Å²) in [5, 5.41) is 11.5. The number of hydrogen-bond acceptors (Lipinski definition) is 7. The maximum absolute atomic E-state index is 11.5. The first-order valence-electron chi connectivity index (χ1n) is 10.00. The molecule has 2 aliphatic rings. The van der Waals surface area contributed by atoms with E-state index >= 15 is 0 Å². The van der Waals surface area contributed by atoms with Crippen LogP contribution in [0.2, 0.25) is 0 Å². The van der Waals surface area contributed by atoms with Crippen LogP contribution in [0.3, 0.4) is 0 Å². The van der Waals surface area contributed by atoms with Crippen LogP contribution in [0.1, 0.15) is 29.9 Å². The monoisotopic (exact) mass is 384 g/mol. The highest BCUT2D eigenvalue weighted by molar-refractivity contribution is 5.78. The van der Waals surface area contributed by atoms with Crippen molar-refractivity contribution in [1.82, 2.24) is 35.2 Å². The molecule has 9 heteroatoms. The van der Waals surface area contributed by atoms with Gasteiger partial charge in [-0.1, -0.05) is 5.21 Å². The number of hydrogen-bond donors (Lipinski definition) is 1. The van der Waals surface area contributed by atoms with Crippen LogP contribution in [-0.4, -0.2) is 68.5 Å². The normalized spacial score (nSPS) is 21.0. The molecule has 2 aliphatic heterocycles. The first-order valence-corrected chi connectivity index (χ1v) is 10.00. The van der Waals surface area contributed by atoms with Crippen molar-refractivity contribution >= 4 is 11.7 Å². The topological polar surface area (TPSA) is 92.1 Å². The molecule has 0 bridgehead atoms. The zero-order valence-corrected chi connectivity index (χ0v) is 16.6. The van der Waals surface area contributed by atoms with Crippen molar-refractivity contribution in [3.05, 3.63) is 29.5 Å². The quantitative estimate of drug-likeness (QED) is 0.804. The average Bonchev–Trinajstić information content (AvgIpc) is 3.10. The molecule has 1 atom stereocenters. The van der Waals surface area contributed by atoms with E-state index in [1.54, 1.807) is 0 Å². The third kappa shape index (κ3) is 4.46. The fraction of sp³-hybridized carbons (Fsp3) is 0.632. The standard InChI is InChI=1S/C19H28N8O/c1-14-8-21-15(2)19(22-14)26-6-3-4-16(9-26)10-27-12-17(23-24-27)11-25-7-5-20-18(28)13-25/h8,12,16H,3-7,9-11,13H2,1-2H3,(H,20,28)/t16-/m0/s1. The number of nitrogens with one attached hydrogen (secondary N) is 1. The van der Waals surface area contributed by atoms with Gasteiger partial charge in [0.25, 0.3) is 0 Å². The van der Waals surface area contributed by atoms with E-state index in [2.05, 4.69) is 30.4 Å². The van der Waals surface area contributed by atoms with Crippen molar-refractivity contribution in [1.29, 1.82) is 0 Å². The Labute approximate surface area is 165 Å². The summed E-state index contributed by atoms with van der Waals surface area (Å²) in [6.07, 6.45) is 6.16. The maximum atomic E-state index is 11.5. The van der Waals surface area contributed by atoms with E-state index in [0.717, 1.165) is 55.5 Å². The van der Waals surface area contributed by atoms with Gasteiger partial charge in [-0.3, -0.25) is 19.4 Å². The fourth-order valence-electron chi connectivity index (χ4n) is 4.05. The highest BCUT2D eigenvalue weighted by Gasteiger charge is 2.24. The molecule has 1 N–H and O–H groups in total. The van der Waals surface area contributed by atoms with Crippen molar-refractivity contribution in [3.8, 4) is 0 Å². The average molecular weight is 384 g/mol. The summed E-state index contributed by atoms with van der Waals surface area (Å²) in [5.41, 5.74) is 2.86. The van der Waals surface area contributed by atoms with Gasteiger partial charge in [0.15, 0.2) is 0 Å². The predicted octanol–water partition coefficient (Wildman–Crippen LogP) is 0.533. The molecule has 0 unspecified atom stereocenters. The van der Waals surface area contributed by atoms with Gasteiger partial charge in [0.05, 0.1) is 23.6 Å². The minimum Gasteiger partial charge on any atom is -0.355 e. The number of aromatic nitrogens is 5. The van der Waals surface area contributed by atoms with E-state index < -0.39 is 0 Å². The second-order valence-corrected chi connectivity index (χ2v) is 7.87. The van der Waals surface area contributed by atoms with E-state index in [0.29, 0.717) is 25.6 Å². The van der Waals surface area contributed by atoms with E-state index in [9.17, 15) is 4.79 Å². The van der Waals surface area contributed by atoms with E-state index in [1.807, 2.05) is 30.9 Å². The predicted molar refractivity (Wildman–Crippen MR) is 105 cm³/mol.